The number of hydrogen-bond donors (Lipinski definition) is 3. The van der Waals surface area contributed by atoms with Crippen LogP contribution in [0.25, 0.3) is 0 Å². The maximum atomic E-state index is 8.96. The Morgan fingerprint density at radius 3 is 2.88 bits per heavy atom. The average molecular weight is 224 g/mol. The number of nitrogens with one attached hydrogen (secondary N) is 1. The molecule has 0 saturated carbocycles. The molecule has 0 radical (unpaired) electrons. The highest BCUT2D eigenvalue weighted by atomic mass is 16.5. The lowest BCUT2D eigenvalue weighted by Gasteiger charge is -2.16. The smallest absolute Gasteiger partial charge is 0.144 e. The van der Waals surface area contributed by atoms with Gasteiger partial charge in [-0.2, -0.15) is 0 Å². The molecule has 4 heteroatoms. The predicted molar refractivity (Wildman–Crippen MR) is 66.8 cm³/mol. The van der Waals surface area contributed by atoms with E-state index in [2.05, 4.69) is 5.32 Å². The molecule has 0 fully saturated rings. The summed E-state index contributed by atoms with van der Waals surface area (Å²) in [6, 6.07) is 5.58. The first-order chi connectivity index (χ1) is 7.69. The van der Waals surface area contributed by atoms with Gasteiger partial charge in [0.05, 0.1) is 24.6 Å². The molecule has 90 valence electrons. The fourth-order valence-corrected chi connectivity index (χ4v) is 1.32. The van der Waals surface area contributed by atoms with Crippen LogP contribution in [0.15, 0.2) is 18.2 Å². The van der Waals surface area contributed by atoms with Gasteiger partial charge >= 0.3 is 0 Å². The third-order valence-corrected chi connectivity index (χ3v) is 2.20. The first-order valence-electron chi connectivity index (χ1n) is 5.57. The van der Waals surface area contributed by atoms with Crippen molar-refractivity contribution in [1.82, 2.24) is 0 Å². The topological polar surface area (TPSA) is 67.5 Å². The fourth-order valence-electron chi connectivity index (χ4n) is 1.32. The van der Waals surface area contributed by atoms with E-state index in [0.717, 1.165) is 12.1 Å². The fraction of sp³-hybridized carbons (Fsp3) is 0.500. The minimum atomic E-state index is -0.0243. The highest BCUT2D eigenvalue weighted by Crippen LogP contribution is 2.29. The summed E-state index contributed by atoms with van der Waals surface area (Å²) in [6.07, 6.45) is 0.949. The van der Waals surface area contributed by atoms with Gasteiger partial charge in [0.2, 0.25) is 0 Å². The van der Waals surface area contributed by atoms with Crippen molar-refractivity contribution in [1.29, 1.82) is 0 Å². The standard InChI is InChI=1S/C12H20N2O2/c1-3-7-16-11-6-4-5-10(12(11)13)14-9(2)8-15/h4-6,9,14-15H,3,7-8,13H2,1-2H3. The Labute approximate surface area is 96.4 Å². The summed E-state index contributed by atoms with van der Waals surface area (Å²) < 4.78 is 5.51. The van der Waals surface area contributed by atoms with E-state index in [1.807, 2.05) is 32.0 Å². The van der Waals surface area contributed by atoms with Gasteiger partial charge < -0.3 is 20.9 Å². The van der Waals surface area contributed by atoms with Crippen LogP contribution in [0.5, 0.6) is 5.75 Å². The van der Waals surface area contributed by atoms with Crippen molar-refractivity contribution < 1.29 is 9.84 Å². The van der Waals surface area contributed by atoms with E-state index in [9.17, 15) is 0 Å². The summed E-state index contributed by atoms with van der Waals surface area (Å²) in [4.78, 5) is 0. The molecule has 0 aliphatic heterocycles. The number of aliphatic hydroxyl groups is 1. The van der Waals surface area contributed by atoms with Gasteiger partial charge in [-0.15, -0.1) is 0 Å². The van der Waals surface area contributed by atoms with E-state index in [1.54, 1.807) is 0 Å². The molecule has 0 saturated heterocycles. The van der Waals surface area contributed by atoms with E-state index in [1.165, 1.54) is 0 Å². The quantitative estimate of drug-likeness (QED) is 0.645. The molecule has 4 N–H and O–H groups in total. The van der Waals surface area contributed by atoms with Crippen LogP contribution in [-0.2, 0) is 0 Å². The van der Waals surface area contributed by atoms with Crippen molar-refractivity contribution in [2.24, 2.45) is 0 Å². The second-order valence-electron chi connectivity index (χ2n) is 3.79. The van der Waals surface area contributed by atoms with Crippen LogP contribution >= 0.6 is 0 Å². The van der Waals surface area contributed by atoms with Crippen LogP contribution in [0.1, 0.15) is 20.3 Å². The Morgan fingerprint density at radius 1 is 1.50 bits per heavy atom. The third kappa shape index (κ3) is 3.31. The predicted octanol–water partition coefficient (Wildman–Crippen LogP) is 1.85. The monoisotopic (exact) mass is 224 g/mol. The van der Waals surface area contributed by atoms with Crippen LogP contribution in [0.2, 0.25) is 0 Å². The molecule has 1 rings (SSSR count). The Hall–Kier alpha value is -1.42. The molecule has 16 heavy (non-hydrogen) atoms. The molecule has 0 spiro atoms. The number of anilines is 2. The van der Waals surface area contributed by atoms with Gasteiger partial charge in [-0.1, -0.05) is 13.0 Å². The number of rotatable bonds is 6. The van der Waals surface area contributed by atoms with Crippen LogP contribution in [0, 0.1) is 0 Å². The average Bonchev–Trinajstić information content (AvgIpc) is 2.30. The molecule has 0 amide bonds. The number of hydrogen-bond acceptors (Lipinski definition) is 4. The van der Waals surface area contributed by atoms with E-state index >= 15 is 0 Å². The molecule has 1 unspecified atom stereocenters. The zero-order valence-electron chi connectivity index (χ0n) is 9.86. The largest absolute Gasteiger partial charge is 0.491 e. The molecule has 4 nitrogen and oxygen atoms in total. The van der Waals surface area contributed by atoms with Crippen LogP contribution < -0.4 is 15.8 Å². The number of para-hydroxylation sites is 1. The molecule has 0 aliphatic rings. The number of nitrogen functional groups attached to an aromatic ring is 1. The molecule has 0 aromatic heterocycles. The van der Waals surface area contributed by atoms with Gasteiger partial charge in [0, 0.05) is 6.04 Å². The molecule has 0 aliphatic carbocycles. The SMILES string of the molecule is CCCOc1cccc(NC(C)CO)c1N. The lowest BCUT2D eigenvalue weighted by atomic mass is 10.2. The maximum Gasteiger partial charge on any atom is 0.144 e. The third-order valence-electron chi connectivity index (χ3n) is 2.20. The molecule has 1 atom stereocenters. The number of nitrogens with two attached hydrogens (primary N) is 1. The summed E-state index contributed by atoms with van der Waals surface area (Å²) in [5.41, 5.74) is 7.35. The zero-order chi connectivity index (χ0) is 12.0. The normalized spacial score (nSPS) is 12.2. The lowest BCUT2D eigenvalue weighted by molar-refractivity contribution is 0.281. The second-order valence-corrected chi connectivity index (χ2v) is 3.79. The first-order valence-corrected chi connectivity index (χ1v) is 5.57. The zero-order valence-corrected chi connectivity index (χ0v) is 9.86. The molecule has 1 aromatic rings. The first kappa shape index (κ1) is 12.6. The van der Waals surface area contributed by atoms with Gasteiger partial charge in [-0.25, -0.2) is 0 Å². The van der Waals surface area contributed by atoms with Crippen molar-refractivity contribution >= 4 is 11.4 Å². The van der Waals surface area contributed by atoms with Crippen LogP contribution in [0.3, 0.4) is 0 Å². The maximum absolute atomic E-state index is 8.96. The number of benzene rings is 1. The highest BCUT2D eigenvalue weighted by Gasteiger charge is 2.07. The van der Waals surface area contributed by atoms with Gasteiger partial charge in [0.1, 0.15) is 5.75 Å². The summed E-state index contributed by atoms with van der Waals surface area (Å²) in [6.45, 7) is 4.66. The van der Waals surface area contributed by atoms with Crippen molar-refractivity contribution in [2.45, 2.75) is 26.3 Å². The van der Waals surface area contributed by atoms with Crippen molar-refractivity contribution in [3.63, 3.8) is 0 Å². The molecular weight excluding hydrogens is 204 g/mol. The van der Waals surface area contributed by atoms with E-state index in [4.69, 9.17) is 15.6 Å². The summed E-state index contributed by atoms with van der Waals surface area (Å²) in [5.74, 6) is 0.692. The Morgan fingerprint density at radius 2 is 2.25 bits per heavy atom. The van der Waals surface area contributed by atoms with Gasteiger partial charge in [0.15, 0.2) is 0 Å². The molecule has 1 aromatic carbocycles. The molecule has 0 bridgehead atoms. The molecule has 0 heterocycles. The van der Waals surface area contributed by atoms with Gasteiger partial charge in [-0.05, 0) is 25.5 Å². The Balaban J connectivity index is 2.77. The minimum Gasteiger partial charge on any atom is -0.491 e. The van der Waals surface area contributed by atoms with Gasteiger partial charge in [0.25, 0.3) is 0 Å². The van der Waals surface area contributed by atoms with E-state index in [0.29, 0.717) is 18.0 Å². The van der Waals surface area contributed by atoms with Gasteiger partial charge in [-0.3, -0.25) is 0 Å². The van der Waals surface area contributed by atoms with Crippen LogP contribution in [-0.4, -0.2) is 24.4 Å². The highest BCUT2D eigenvalue weighted by molar-refractivity contribution is 5.73. The summed E-state index contributed by atoms with van der Waals surface area (Å²) in [5, 5.41) is 12.1. The second kappa shape index (κ2) is 6.23. The Kier molecular flexibility index (Phi) is 4.92. The van der Waals surface area contributed by atoms with Crippen molar-refractivity contribution in [3.05, 3.63) is 18.2 Å². The number of aliphatic hydroxyl groups excluding tert-OH is 1. The van der Waals surface area contributed by atoms with Crippen LogP contribution in [0.4, 0.5) is 11.4 Å². The minimum absolute atomic E-state index is 0.0243. The van der Waals surface area contributed by atoms with E-state index < -0.39 is 0 Å². The Bertz CT molecular complexity index is 329. The molecular formula is C12H20N2O2. The van der Waals surface area contributed by atoms with E-state index in [-0.39, 0.29) is 12.6 Å². The van der Waals surface area contributed by atoms with Crippen molar-refractivity contribution in [2.75, 3.05) is 24.3 Å². The van der Waals surface area contributed by atoms with Crippen molar-refractivity contribution in [3.8, 4) is 5.75 Å². The summed E-state index contributed by atoms with van der Waals surface area (Å²) in [7, 11) is 0. The lowest BCUT2D eigenvalue weighted by Crippen LogP contribution is -2.20. The number of ether oxygens (including phenoxy) is 1. The summed E-state index contributed by atoms with van der Waals surface area (Å²) >= 11 is 0.